The van der Waals surface area contributed by atoms with Gasteiger partial charge in [-0.3, -0.25) is 4.52 Å². The molecule has 0 aromatic heterocycles. The molecule has 0 aromatic carbocycles. The van der Waals surface area contributed by atoms with Crippen LogP contribution in [0, 0.1) is 5.41 Å². The Kier molecular flexibility index (Phi) is 6.31. The minimum Gasteiger partial charge on any atom is -0.313 e. The molecule has 86 valence electrons. The van der Waals surface area contributed by atoms with E-state index in [9.17, 15) is 4.57 Å². The lowest BCUT2D eigenvalue weighted by atomic mass is 9.83. The van der Waals surface area contributed by atoms with Crippen LogP contribution in [0.4, 0.5) is 0 Å². The summed E-state index contributed by atoms with van der Waals surface area (Å²) in [6.45, 7) is 2.64. The van der Waals surface area contributed by atoms with Gasteiger partial charge in [0.25, 0.3) is 0 Å². The number of unbranched alkanes of at least 4 members (excludes halogenated alkanes) is 1. The summed E-state index contributed by atoms with van der Waals surface area (Å²) in [4.78, 5) is 8.80. The molecule has 0 rings (SSSR count). The lowest BCUT2D eigenvalue weighted by molar-refractivity contribution is 0.135. The Hall–Kier alpha value is 0.440. The first-order valence-corrected chi connectivity index (χ1v) is 7.48. The maximum Gasteiger partial charge on any atom is 0.421 e. The summed E-state index contributed by atoms with van der Waals surface area (Å²) >= 11 is 5.12. The first-order valence-electron chi connectivity index (χ1n) is 5.00. The second-order valence-electron chi connectivity index (χ2n) is 3.99. The number of hydrogen-bond acceptors (Lipinski definition) is 2. The van der Waals surface area contributed by atoms with Crippen molar-refractivity contribution < 1.29 is 14.0 Å². The van der Waals surface area contributed by atoms with Crippen LogP contribution in [0.2, 0.25) is 0 Å². The summed E-state index contributed by atoms with van der Waals surface area (Å²) in [6.07, 6.45) is 4.14. The van der Waals surface area contributed by atoms with Crippen molar-refractivity contribution in [2.24, 2.45) is 5.41 Å². The number of rotatable bonds is 7. The van der Waals surface area contributed by atoms with Crippen molar-refractivity contribution in [1.29, 1.82) is 0 Å². The van der Waals surface area contributed by atoms with E-state index in [2.05, 4.69) is 20.8 Å². The highest BCUT2D eigenvalue weighted by atomic mass is 35.7. The van der Waals surface area contributed by atoms with Crippen molar-refractivity contribution in [3.8, 4) is 0 Å². The molecule has 2 atom stereocenters. The Balaban J connectivity index is 4.05. The van der Waals surface area contributed by atoms with Gasteiger partial charge in [-0.25, -0.2) is 4.57 Å². The lowest BCUT2D eigenvalue weighted by Gasteiger charge is -2.27. The third-order valence-corrected chi connectivity index (χ3v) is 3.30. The van der Waals surface area contributed by atoms with Gasteiger partial charge in [0.1, 0.15) is 0 Å². The van der Waals surface area contributed by atoms with E-state index in [1.807, 2.05) is 0 Å². The summed E-state index contributed by atoms with van der Waals surface area (Å²) in [5.41, 5.74) is -0.0384. The lowest BCUT2D eigenvalue weighted by Crippen LogP contribution is -2.21. The summed E-state index contributed by atoms with van der Waals surface area (Å²) in [5, 5.41) is 0. The average molecular weight is 243 g/mol. The molecule has 0 amide bonds. The Morgan fingerprint density at radius 2 is 2.07 bits per heavy atom. The Labute approximate surface area is 91.1 Å². The fourth-order valence-corrected chi connectivity index (χ4v) is 1.81. The van der Waals surface area contributed by atoms with Gasteiger partial charge in [0.05, 0.1) is 6.61 Å². The molecule has 0 radical (unpaired) electrons. The predicted molar refractivity (Wildman–Crippen MR) is 59.6 cm³/mol. The number of halogens is 1. The highest BCUT2D eigenvalue weighted by molar-refractivity contribution is 7.80. The Morgan fingerprint density at radius 3 is 2.43 bits per heavy atom. The van der Waals surface area contributed by atoms with Crippen LogP contribution >= 0.6 is 18.2 Å². The standard InChI is InChI=1S/C9H20ClO3P/c1-4-6-7-9(3,5-2)8-13-14(10,11)12/h4-8H2,1-3H3,(H,11,12). The number of hydrogen-bond donors (Lipinski definition) is 1. The molecule has 0 saturated heterocycles. The molecule has 3 nitrogen and oxygen atoms in total. The van der Waals surface area contributed by atoms with Gasteiger partial charge in [0, 0.05) is 11.2 Å². The van der Waals surface area contributed by atoms with Gasteiger partial charge in [-0.1, -0.05) is 33.6 Å². The smallest absolute Gasteiger partial charge is 0.313 e. The summed E-state index contributed by atoms with van der Waals surface area (Å²) in [7, 11) is 0. The second kappa shape index (κ2) is 6.12. The van der Waals surface area contributed by atoms with Crippen molar-refractivity contribution >= 4 is 18.2 Å². The quantitative estimate of drug-likeness (QED) is 0.688. The summed E-state index contributed by atoms with van der Waals surface area (Å²) in [5.74, 6) is 0. The van der Waals surface area contributed by atoms with Gasteiger partial charge < -0.3 is 4.89 Å². The molecule has 0 aliphatic rings. The highest BCUT2D eigenvalue weighted by Gasteiger charge is 2.26. The van der Waals surface area contributed by atoms with Gasteiger partial charge >= 0.3 is 6.95 Å². The monoisotopic (exact) mass is 242 g/mol. The third-order valence-electron chi connectivity index (χ3n) is 2.56. The van der Waals surface area contributed by atoms with Gasteiger partial charge in [-0.2, -0.15) is 0 Å². The average Bonchev–Trinajstić information content (AvgIpc) is 2.10. The zero-order valence-corrected chi connectivity index (χ0v) is 10.8. The van der Waals surface area contributed by atoms with E-state index in [0.29, 0.717) is 0 Å². The molecule has 14 heavy (non-hydrogen) atoms. The molecular weight excluding hydrogens is 223 g/mol. The molecule has 5 heteroatoms. The molecule has 0 aromatic rings. The molecule has 0 bridgehead atoms. The Bertz CT molecular complexity index is 204. The maximum atomic E-state index is 10.7. The SMILES string of the molecule is CCCCC(C)(CC)COP(=O)(O)Cl. The second-order valence-corrected chi connectivity index (χ2v) is 6.44. The third kappa shape index (κ3) is 6.83. The van der Waals surface area contributed by atoms with Crippen molar-refractivity contribution in [2.45, 2.75) is 46.5 Å². The molecule has 0 fully saturated rings. The minimum atomic E-state index is -3.84. The largest absolute Gasteiger partial charge is 0.421 e. The Morgan fingerprint density at radius 1 is 1.50 bits per heavy atom. The van der Waals surface area contributed by atoms with Crippen LogP contribution in [-0.2, 0) is 9.09 Å². The molecule has 0 heterocycles. The molecule has 2 unspecified atom stereocenters. The van der Waals surface area contributed by atoms with Crippen LogP contribution in [0.5, 0.6) is 0 Å². The van der Waals surface area contributed by atoms with Crippen LogP contribution in [0.25, 0.3) is 0 Å². The van der Waals surface area contributed by atoms with E-state index in [1.54, 1.807) is 0 Å². The van der Waals surface area contributed by atoms with E-state index >= 15 is 0 Å². The maximum absolute atomic E-state index is 10.7. The highest BCUT2D eigenvalue weighted by Crippen LogP contribution is 2.49. The predicted octanol–water partition coefficient (Wildman–Crippen LogP) is 3.95. The minimum absolute atomic E-state index is 0.0384. The van der Waals surface area contributed by atoms with Crippen molar-refractivity contribution in [1.82, 2.24) is 0 Å². The van der Waals surface area contributed by atoms with Crippen molar-refractivity contribution in [3.05, 3.63) is 0 Å². The van der Waals surface area contributed by atoms with E-state index in [1.165, 1.54) is 0 Å². The topological polar surface area (TPSA) is 46.5 Å². The van der Waals surface area contributed by atoms with Crippen molar-refractivity contribution in [3.63, 3.8) is 0 Å². The summed E-state index contributed by atoms with van der Waals surface area (Å²) < 4.78 is 15.5. The van der Waals surface area contributed by atoms with Crippen LogP contribution in [0.3, 0.4) is 0 Å². The molecular formula is C9H20ClO3P. The van der Waals surface area contributed by atoms with Crippen LogP contribution in [0.1, 0.15) is 46.5 Å². The van der Waals surface area contributed by atoms with E-state index in [0.717, 1.165) is 25.7 Å². The fraction of sp³-hybridized carbons (Fsp3) is 1.00. The fourth-order valence-electron chi connectivity index (χ4n) is 1.19. The van der Waals surface area contributed by atoms with Gasteiger partial charge in [0.15, 0.2) is 0 Å². The van der Waals surface area contributed by atoms with Gasteiger partial charge in [-0.05, 0) is 18.3 Å². The van der Waals surface area contributed by atoms with E-state index in [-0.39, 0.29) is 12.0 Å². The zero-order chi connectivity index (χ0) is 11.2. The first-order chi connectivity index (χ1) is 6.33. The zero-order valence-electron chi connectivity index (χ0n) is 9.12. The molecule has 0 saturated carbocycles. The summed E-state index contributed by atoms with van der Waals surface area (Å²) in [6, 6.07) is 0. The van der Waals surface area contributed by atoms with E-state index < -0.39 is 6.95 Å². The van der Waals surface area contributed by atoms with Crippen molar-refractivity contribution in [2.75, 3.05) is 6.61 Å². The molecule has 1 N–H and O–H groups in total. The van der Waals surface area contributed by atoms with Crippen LogP contribution < -0.4 is 0 Å². The molecule has 0 aliphatic heterocycles. The van der Waals surface area contributed by atoms with Crippen LogP contribution in [-0.4, -0.2) is 11.5 Å². The van der Waals surface area contributed by atoms with Gasteiger partial charge in [-0.15, -0.1) is 0 Å². The van der Waals surface area contributed by atoms with Crippen LogP contribution in [0.15, 0.2) is 0 Å². The molecule has 0 spiro atoms. The van der Waals surface area contributed by atoms with E-state index in [4.69, 9.17) is 20.7 Å². The van der Waals surface area contributed by atoms with Gasteiger partial charge in [0.2, 0.25) is 0 Å². The normalized spacial score (nSPS) is 20.1. The first kappa shape index (κ1) is 14.4. The molecule has 0 aliphatic carbocycles.